The van der Waals surface area contributed by atoms with Crippen LogP contribution in [0.4, 0.5) is 4.79 Å². The number of halogens is 1. The van der Waals surface area contributed by atoms with Crippen molar-refractivity contribution in [3.63, 3.8) is 0 Å². The number of phenolic OH excluding ortho intramolecular Hbond substituents is 1. The lowest BCUT2D eigenvalue weighted by Gasteiger charge is -2.22. The van der Waals surface area contributed by atoms with Gasteiger partial charge in [-0.3, -0.25) is 0 Å². The van der Waals surface area contributed by atoms with Gasteiger partial charge in [0.05, 0.1) is 6.04 Å². The van der Waals surface area contributed by atoms with E-state index in [-0.39, 0.29) is 11.8 Å². The molecule has 5 heteroatoms. The number of nitrogens with one attached hydrogen (secondary N) is 1. The van der Waals surface area contributed by atoms with Crippen LogP contribution in [0, 0.1) is 0 Å². The number of rotatable bonds is 2. The number of hydrogen-bond acceptors (Lipinski definition) is 3. The molecule has 0 heterocycles. The zero-order chi connectivity index (χ0) is 13.9. The quantitative estimate of drug-likeness (QED) is 0.874. The molecule has 1 amide bonds. The fourth-order valence-electron chi connectivity index (χ4n) is 1.45. The predicted octanol–water partition coefficient (Wildman–Crippen LogP) is 3.74. The average Bonchev–Trinajstić information content (AvgIpc) is 2.13. The maximum atomic E-state index is 11.6. The van der Waals surface area contributed by atoms with Crippen molar-refractivity contribution in [2.75, 3.05) is 0 Å². The van der Waals surface area contributed by atoms with Gasteiger partial charge in [-0.1, -0.05) is 22.0 Å². The molecule has 0 radical (unpaired) electrons. The molecule has 0 saturated heterocycles. The number of benzene rings is 1. The van der Waals surface area contributed by atoms with Crippen LogP contribution in [0.5, 0.6) is 5.75 Å². The summed E-state index contributed by atoms with van der Waals surface area (Å²) in [6.45, 7) is 7.18. The summed E-state index contributed by atoms with van der Waals surface area (Å²) < 4.78 is 5.94. The van der Waals surface area contributed by atoms with E-state index in [0.717, 1.165) is 4.47 Å². The normalized spacial score (nSPS) is 12.9. The Hall–Kier alpha value is -1.23. The van der Waals surface area contributed by atoms with Crippen molar-refractivity contribution in [1.82, 2.24) is 5.32 Å². The first kappa shape index (κ1) is 14.8. The van der Waals surface area contributed by atoms with E-state index in [2.05, 4.69) is 21.2 Å². The summed E-state index contributed by atoms with van der Waals surface area (Å²) >= 11 is 3.26. The molecule has 2 N–H and O–H groups in total. The van der Waals surface area contributed by atoms with E-state index >= 15 is 0 Å². The van der Waals surface area contributed by atoms with Crippen LogP contribution >= 0.6 is 15.9 Å². The predicted molar refractivity (Wildman–Crippen MR) is 73.6 cm³/mol. The molecule has 0 unspecified atom stereocenters. The summed E-state index contributed by atoms with van der Waals surface area (Å²) in [5.41, 5.74) is 0.107. The number of phenols is 1. The largest absolute Gasteiger partial charge is 0.508 e. The minimum absolute atomic E-state index is 0.132. The smallest absolute Gasteiger partial charge is 0.408 e. The van der Waals surface area contributed by atoms with Crippen molar-refractivity contribution >= 4 is 22.0 Å². The first-order valence-electron chi connectivity index (χ1n) is 5.67. The first-order valence-corrected chi connectivity index (χ1v) is 6.46. The third-order valence-electron chi connectivity index (χ3n) is 2.19. The number of amides is 1. The molecule has 0 aliphatic carbocycles. The summed E-state index contributed by atoms with van der Waals surface area (Å²) in [7, 11) is 0. The van der Waals surface area contributed by atoms with Gasteiger partial charge in [0.25, 0.3) is 0 Å². The monoisotopic (exact) mass is 315 g/mol. The van der Waals surface area contributed by atoms with Gasteiger partial charge in [0, 0.05) is 10.0 Å². The lowest BCUT2D eigenvalue weighted by Crippen LogP contribution is -2.34. The van der Waals surface area contributed by atoms with Crippen LogP contribution in [0.1, 0.15) is 39.3 Å². The lowest BCUT2D eigenvalue weighted by atomic mass is 10.1. The number of carbonyl (C=O) groups excluding carboxylic acids is 1. The molecule has 0 fully saturated rings. The van der Waals surface area contributed by atoms with Gasteiger partial charge in [-0.2, -0.15) is 0 Å². The molecule has 0 aromatic heterocycles. The second kappa shape index (κ2) is 5.61. The SMILES string of the molecule is C[C@@H](NC(=O)OC(C)(C)C)c1ccc(Br)cc1O. The fourth-order valence-corrected chi connectivity index (χ4v) is 1.79. The zero-order valence-electron chi connectivity index (χ0n) is 11.0. The summed E-state index contributed by atoms with van der Waals surface area (Å²) in [6.07, 6.45) is -0.502. The topological polar surface area (TPSA) is 58.6 Å². The molecule has 0 aliphatic heterocycles. The first-order chi connectivity index (χ1) is 8.19. The second-order valence-electron chi connectivity index (χ2n) is 5.07. The van der Waals surface area contributed by atoms with Crippen molar-refractivity contribution in [2.24, 2.45) is 0 Å². The highest BCUT2D eigenvalue weighted by Gasteiger charge is 2.19. The highest BCUT2D eigenvalue weighted by Crippen LogP contribution is 2.27. The Bertz CT molecular complexity index is 440. The average molecular weight is 316 g/mol. The lowest BCUT2D eigenvalue weighted by molar-refractivity contribution is 0.0507. The molecule has 1 atom stereocenters. The van der Waals surface area contributed by atoms with Crippen LogP contribution in [0.3, 0.4) is 0 Å². The maximum Gasteiger partial charge on any atom is 0.408 e. The van der Waals surface area contributed by atoms with E-state index in [9.17, 15) is 9.90 Å². The van der Waals surface area contributed by atoms with Crippen molar-refractivity contribution in [1.29, 1.82) is 0 Å². The van der Waals surface area contributed by atoms with Gasteiger partial charge in [-0.05, 0) is 39.8 Å². The molecule has 0 bridgehead atoms. The minimum atomic E-state index is -0.536. The summed E-state index contributed by atoms with van der Waals surface area (Å²) in [5, 5.41) is 12.5. The molecular formula is C13H18BrNO3. The Morgan fingerprint density at radius 3 is 2.56 bits per heavy atom. The molecule has 0 aliphatic rings. The van der Waals surface area contributed by atoms with Crippen LogP contribution in [0.15, 0.2) is 22.7 Å². The Morgan fingerprint density at radius 1 is 1.44 bits per heavy atom. The van der Waals surface area contributed by atoms with Crippen LogP contribution < -0.4 is 5.32 Å². The molecule has 18 heavy (non-hydrogen) atoms. The van der Waals surface area contributed by atoms with Gasteiger partial charge >= 0.3 is 6.09 Å². The zero-order valence-corrected chi connectivity index (χ0v) is 12.5. The van der Waals surface area contributed by atoms with Gasteiger partial charge in [0.15, 0.2) is 0 Å². The van der Waals surface area contributed by atoms with Gasteiger partial charge < -0.3 is 15.2 Å². The second-order valence-corrected chi connectivity index (χ2v) is 5.99. The van der Waals surface area contributed by atoms with E-state index in [1.165, 1.54) is 0 Å². The van der Waals surface area contributed by atoms with Gasteiger partial charge in [0.1, 0.15) is 11.4 Å². The third-order valence-corrected chi connectivity index (χ3v) is 2.69. The molecule has 0 spiro atoms. The van der Waals surface area contributed by atoms with Crippen molar-refractivity contribution < 1.29 is 14.6 Å². The van der Waals surface area contributed by atoms with Crippen LogP contribution in [-0.2, 0) is 4.74 Å². The maximum absolute atomic E-state index is 11.6. The summed E-state index contributed by atoms with van der Waals surface area (Å²) in [6, 6.07) is 4.82. The van der Waals surface area contributed by atoms with Crippen molar-refractivity contribution in [3.05, 3.63) is 28.2 Å². The van der Waals surface area contributed by atoms with Gasteiger partial charge in [-0.25, -0.2) is 4.79 Å². The number of carbonyl (C=O) groups is 1. The Balaban J connectivity index is 2.71. The number of alkyl carbamates (subject to hydrolysis) is 1. The van der Waals surface area contributed by atoms with Gasteiger partial charge in [-0.15, -0.1) is 0 Å². The van der Waals surface area contributed by atoms with Gasteiger partial charge in [0.2, 0.25) is 0 Å². The number of ether oxygens (including phenoxy) is 1. The van der Waals surface area contributed by atoms with Crippen LogP contribution in [0.25, 0.3) is 0 Å². The van der Waals surface area contributed by atoms with Crippen molar-refractivity contribution in [3.8, 4) is 5.75 Å². The van der Waals surface area contributed by atoms with Crippen molar-refractivity contribution in [2.45, 2.75) is 39.3 Å². The molecular weight excluding hydrogens is 298 g/mol. The number of aromatic hydroxyl groups is 1. The highest BCUT2D eigenvalue weighted by atomic mass is 79.9. The molecule has 1 rings (SSSR count). The van der Waals surface area contributed by atoms with Crippen LogP contribution in [0.2, 0.25) is 0 Å². The van der Waals surface area contributed by atoms with E-state index in [1.54, 1.807) is 39.8 Å². The summed E-state index contributed by atoms with van der Waals surface area (Å²) in [4.78, 5) is 11.6. The standard InChI is InChI=1S/C13H18BrNO3/c1-8(15-12(17)18-13(2,3)4)10-6-5-9(14)7-11(10)16/h5-8,16H,1-4H3,(H,15,17)/t8-/m1/s1. The summed E-state index contributed by atoms with van der Waals surface area (Å²) in [5.74, 6) is 0.132. The van der Waals surface area contributed by atoms with E-state index in [1.807, 2.05) is 6.07 Å². The van der Waals surface area contributed by atoms with E-state index in [4.69, 9.17) is 4.74 Å². The minimum Gasteiger partial charge on any atom is -0.508 e. The number of hydrogen-bond donors (Lipinski definition) is 2. The molecule has 1 aromatic rings. The molecule has 0 saturated carbocycles. The highest BCUT2D eigenvalue weighted by molar-refractivity contribution is 9.10. The fraction of sp³-hybridized carbons (Fsp3) is 0.462. The Kier molecular flexibility index (Phi) is 4.62. The Morgan fingerprint density at radius 2 is 2.06 bits per heavy atom. The Labute approximate surface area is 115 Å². The molecule has 100 valence electrons. The third kappa shape index (κ3) is 4.56. The van der Waals surface area contributed by atoms with E-state index in [0.29, 0.717) is 5.56 Å². The van der Waals surface area contributed by atoms with Crippen LogP contribution in [-0.4, -0.2) is 16.8 Å². The van der Waals surface area contributed by atoms with E-state index < -0.39 is 11.7 Å². The molecule has 1 aromatic carbocycles. The molecule has 4 nitrogen and oxygen atoms in total.